The smallest absolute Gasteiger partial charge is 0.227 e. The van der Waals surface area contributed by atoms with Gasteiger partial charge in [0.2, 0.25) is 6.19 Å². The van der Waals surface area contributed by atoms with Crippen molar-refractivity contribution in [3.63, 3.8) is 0 Å². The summed E-state index contributed by atoms with van der Waals surface area (Å²) < 4.78 is 0. The van der Waals surface area contributed by atoms with Gasteiger partial charge in [-0.25, -0.2) is 0 Å². The maximum Gasteiger partial charge on any atom is 0.227 e. The van der Waals surface area contributed by atoms with Gasteiger partial charge in [0.25, 0.3) is 0 Å². The maximum absolute atomic E-state index is 8.03. The Kier molecular flexibility index (Phi) is 71.3. The molecule has 0 bridgehead atoms. The van der Waals surface area contributed by atoms with E-state index in [1.165, 1.54) is 6.19 Å². The van der Waals surface area contributed by atoms with Crippen molar-refractivity contribution in [2.24, 2.45) is 580 Å². The van der Waals surface area contributed by atoms with E-state index in [9.17, 15) is 0 Å². The Morgan fingerprint density at radius 1 is 0.0885 bits per heavy atom. The van der Waals surface area contributed by atoms with Crippen LogP contribution in [0.5, 0.6) is 0 Å². The van der Waals surface area contributed by atoms with Gasteiger partial charge in [0, 0.05) is 486 Å². The normalized spacial score (nSPS) is 15.6. The molecule has 0 heterocycles. The molecule has 2 N–H and O–H groups in total. The number of rotatable bonds is 54. The van der Waals surface area contributed by atoms with Crippen molar-refractivity contribution >= 4 is 0 Å². The molecule has 0 aromatic rings. The van der Waals surface area contributed by atoms with E-state index >= 15 is 0 Å². The highest BCUT2D eigenvalue weighted by atomic mass is 15.8. The molecule has 0 spiro atoms. The lowest BCUT2D eigenvalue weighted by Gasteiger charge is -1.71. The summed E-state index contributed by atoms with van der Waals surface area (Å²) in [5, 5.41) is 337. The first kappa shape index (κ1) is 90.3. The topological polar surface area (TPSA) is 1410 Å². The third-order valence-corrected chi connectivity index (χ3v) is 4.42. The molecule has 112 nitrogen and oxygen atoms in total. The van der Waals surface area contributed by atoms with Crippen molar-refractivity contribution in [3.8, 4) is 6.19 Å². The molecule has 0 rings (SSSR count). The molecule has 0 aromatic heterocycles. The molecular weight excluding hydrogens is 1580 g/mol. The molecule has 112 heteroatoms. The molecule has 0 radical (unpaired) electrons. The van der Waals surface area contributed by atoms with Crippen molar-refractivity contribution in [2.45, 2.75) is 0 Å². The second-order valence-corrected chi connectivity index (χ2v) is 9.98. The van der Waals surface area contributed by atoms with Crippen LogP contribution in [0.15, 0.2) is 574 Å². The molecule has 0 saturated heterocycles. The maximum atomic E-state index is 8.03. The fraction of sp³-hybridized carbons (Fsp3) is 0. The summed E-state index contributed by atoms with van der Waals surface area (Å²) >= 11 is 0. The summed E-state index contributed by atoms with van der Waals surface area (Å²) in [5.74, 6) is 4.64. The van der Waals surface area contributed by atoms with Crippen LogP contribution in [0.2, 0.25) is 0 Å². The number of hydrogen-bond acceptors (Lipinski definition) is 3. The van der Waals surface area contributed by atoms with E-state index in [4.69, 9.17) is 5.26 Å². The van der Waals surface area contributed by atoms with Crippen LogP contribution in [0, 0.1) is 11.5 Å². The predicted octanol–water partition coefficient (Wildman–Crippen LogP) is 19.6. The lowest BCUT2D eigenvalue weighted by Crippen LogP contribution is -1.70. The van der Waals surface area contributed by atoms with Gasteiger partial charge in [0.15, 0.2) is 0 Å². The minimum atomic E-state index is 1.31. The first-order valence-corrected chi connectivity index (χ1v) is 22.5. The Labute approximate surface area is 591 Å². The monoisotopic (exact) mass is 1580 g/mol. The van der Waals surface area contributed by atoms with Crippen LogP contribution < -0.4 is 5.84 Å². The van der Waals surface area contributed by atoms with Crippen LogP contribution in [0.4, 0.5) is 0 Å². The zero-order valence-corrected chi connectivity index (χ0v) is 50.7. The van der Waals surface area contributed by atoms with E-state index in [-0.39, 0.29) is 0 Å². The summed E-state index contributed by atoms with van der Waals surface area (Å²) in [6, 6.07) is 0. The van der Waals surface area contributed by atoms with Gasteiger partial charge >= 0.3 is 0 Å². The molecule has 0 aromatic carbocycles. The molecule has 0 saturated carbocycles. The van der Waals surface area contributed by atoms with E-state index in [1.807, 2.05) is 0 Å². The van der Waals surface area contributed by atoms with Gasteiger partial charge in [0.05, 0.1) is 0 Å². The van der Waals surface area contributed by atoms with Gasteiger partial charge in [-0.15, -0.1) is 0 Å². The number of hydrogen-bond donors (Lipinski definition) is 1. The molecule has 566 valence electrons. The predicted molar refractivity (Wildman–Crippen MR) is 277 cm³/mol. The Balaban J connectivity index is 4.13. The van der Waals surface area contributed by atoms with Crippen molar-refractivity contribution < 1.29 is 0 Å². The molecule has 0 aliphatic heterocycles. The summed E-state index contributed by atoms with van der Waals surface area (Å²) in [6.07, 6.45) is 1.31. The Bertz CT molecular complexity index is 4260. The molecule has 113 heavy (non-hydrogen) atoms. The summed E-state index contributed by atoms with van der Waals surface area (Å²) in [6.45, 7) is 0. The molecule has 0 aliphatic rings. The lowest BCUT2D eigenvalue weighted by molar-refractivity contribution is 0.723. The van der Waals surface area contributed by atoms with Gasteiger partial charge < -0.3 is 5.84 Å². The minimum Gasteiger partial charge on any atom is -0.303 e. The second-order valence-electron chi connectivity index (χ2n) is 9.98. The van der Waals surface area contributed by atoms with E-state index in [0.29, 0.717) is 0 Å². The first-order chi connectivity index (χ1) is 56.4. The van der Waals surface area contributed by atoms with Crippen LogP contribution in [0.25, 0.3) is 0 Å². The van der Waals surface area contributed by atoms with Gasteiger partial charge in [-0.3, -0.25) is 0 Å². The number of nitrogens with two attached hydrogens (primary N) is 1. The van der Waals surface area contributed by atoms with Crippen LogP contribution in [-0.2, 0) is 0 Å². The highest BCUT2D eigenvalue weighted by molar-refractivity contribution is 4.56. The molecule has 0 fully saturated rings. The van der Waals surface area contributed by atoms with Gasteiger partial charge in [-0.05, 0) is 83.5 Å². The zero-order chi connectivity index (χ0) is 80.5. The van der Waals surface area contributed by atoms with E-state index in [1.54, 1.807) is 0 Å². The lowest BCUT2D eigenvalue weighted by atomic mass is 11.5. The van der Waals surface area contributed by atoms with Crippen LogP contribution in [-0.4, -0.2) is 0 Å². The van der Waals surface area contributed by atoms with E-state index in [0.717, 1.165) is 0 Å². The Morgan fingerprint density at radius 3 is 0.195 bits per heavy atom. The average Bonchev–Trinajstić information content (AvgIpc) is 3.32. The SMILES string of the molecule is N#CN=N/N=N/N=N/N=N/N=N/N=N/N=N/N=N/N=N/N=N/N=N/N=N/N=N/N=N/N=N/N=N/N=N/N=N/N=N/N=N/N=N/N=N/N=N/N=N/N=N/N=N/N=N/N=N/N=N/N=N/N=N/N=N/N=N/N=N/N=N/N=N/N=N/N=N/N=N/N=N/N=N/N=N/N=N/N=N/N=N/N=N/N=N/N=N/N=N/N=N/N=N/N=N/N=N/N=N/N=N/N. The summed E-state index contributed by atoms with van der Waals surface area (Å²) in [7, 11) is 0. The summed E-state index contributed by atoms with van der Waals surface area (Å²) in [5.41, 5.74) is 0. The van der Waals surface area contributed by atoms with Gasteiger partial charge in [0.1, 0.15) is 0 Å². The zero-order valence-electron chi connectivity index (χ0n) is 50.7. The third kappa shape index (κ3) is 89.3. The fourth-order valence-corrected chi connectivity index (χ4v) is 1.96. The van der Waals surface area contributed by atoms with Crippen LogP contribution >= 0.6 is 0 Å². The van der Waals surface area contributed by atoms with Crippen LogP contribution in [0.3, 0.4) is 0 Å². The highest BCUT2D eigenvalue weighted by Crippen LogP contribution is 1.99. The van der Waals surface area contributed by atoms with Crippen molar-refractivity contribution in [1.82, 2.24) is 0 Å². The highest BCUT2D eigenvalue weighted by Gasteiger charge is 1.81. The standard InChI is InChI=1S/CH2N112/c2-1-4-6-8-10-12-14-16-18-20-22-24-26-28-30-32-34-36-38-40-42-44-46-48-50-52-54-56-58-60-62-64-66-68-70-72-74-76-78-80-82-84-86-88-90-92-94-96-98-100-102-104-106-108-110-112-113-111-109-107-105-103-101-99-97-95-93-91-89-87-85-83-81-79-77-75-73-71-69-67-65-63-61-59-57-55-53-51-49-47-45-43-41-39-37-35-33-31-29-27-25-23-21-19-17-15-13-11-9-7-5-3/h(H2,3,4,7,8,11,12,15,16,19,20,23,24,27,28,31,32,35,36,39,40,43,44,47,48,51,52,55,56,59,60,63,64,67,68,71,72,75,76,79,80,83,84,87,88,91,92,95,96,99,100,103,104,107,108,111,112). The molecule has 0 atom stereocenters. The summed E-state index contributed by atoms with van der Waals surface area (Å²) in [4.78, 5) is 0. The second kappa shape index (κ2) is 89.3. The third-order valence-electron chi connectivity index (χ3n) is 4.42. The van der Waals surface area contributed by atoms with E-state index in [2.05, 4.69) is 580 Å². The Morgan fingerprint density at radius 2 is 0.142 bits per heavy atom. The average molecular weight is 1580 g/mol. The minimum absolute atomic E-state index is 1.31. The Hall–Kier alpha value is -22.7. The van der Waals surface area contributed by atoms with Gasteiger partial charge in [-0.2, -0.15) is 5.26 Å². The van der Waals surface area contributed by atoms with Crippen molar-refractivity contribution in [3.05, 3.63) is 0 Å². The van der Waals surface area contributed by atoms with Gasteiger partial charge in [-0.1, -0.05) is 5.22 Å². The molecule has 0 amide bonds. The van der Waals surface area contributed by atoms with Crippen LogP contribution in [0.1, 0.15) is 0 Å². The number of nitriles is 1. The molecular formula is CH2N112. The molecule has 0 aliphatic carbocycles. The fourth-order valence-electron chi connectivity index (χ4n) is 1.96. The van der Waals surface area contributed by atoms with Crippen molar-refractivity contribution in [2.75, 3.05) is 0 Å². The number of nitrogens with zero attached hydrogens (tertiary/aromatic N) is 111. The molecule has 0 unspecified atom stereocenters. The largest absolute Gasteiger partial charge is 0.303 e. The van der Waals surface area contributed by atoms with Crippen molar-refractivity contribution in [1.29, 1.82) is 5.26 Å². The quantitative estimate of drug-likeness (QED) is 0.0269. The van der Waals surface area contributed by atoms with E-state index < -0.39 is 0 Å². The first-order valence-electron chi connectivity index (χ1n) is 22.5.